The van der Waals surface area contributed by atoms with Gasteiger partial charge in [0.1, 0.15) is 24.4 Å². The third-order valence-electron chi connectivity index (χ3n) is 4.63. The first-order valence-corrected chi connectivity index (χ1v) is 9.48. The molecule has 1 unspecified atom stereocenters. The molecular formula is C21H30N2O6. The number of rotatable bonds is 8. The summed E-state index contributed by atoms with van der Waals surface area (Å²) in [5.41, 5.74) is 0.509. The van der Waals surface area contributed by atoms with Crippen LogP contribution in [0.1, 0.15) is 20.8 Å². The highest BCUT2D eigenvalue weighted by Gasteiger charge is 2.42. The summed E-state index contributed by atoms with van der Waals surface area (Å²) in [6.07, 6.45) is -3.08. The van der Waals surface area contributed by atoms with E-state index in [-0.39, 0.29) is 11.3 Å². The number of hydrogen-bond donors (Lipinski definition) is 4. The first kappa shape index (κ1) is 23.0. The second-order valence-electron chi connectivity index (χ2n) is 8.20. The predicted molar refractivity (Wildman–Crippen MR) is 108 cm³/mol. The van der Waals surface area contributed by atoms with Gasteiger partial charge in [-0.25, -0.2) is 0 Å². The lowest BCUT2D eigenvalue weighted by Crippen LogP contribution is -2.66. The maximum Gasteiger partial charge on any atom is 0.252 e. The molecule has 1 aliphatic rings. The molecule has 0 bridgehead atoms. The van der Waals surface area contributed by atoms with Crippen LogP contribution in [0.3, 0.4) is 0 Å². The maximum atomic E-state index is 12.5. The Bertz CT molecular complexity index is 730. The fourth-order valence-corrected chi connectivity index (χ4v) is 2.91. The standard InChI is InChI=1S/C21H30N2O6/c1-21(2,3)11-10-15(24)16(25)17(26)18(29-4)19(27)22-14-12-23(20(14)28)13-8-6-5-7-9-13/h5-11,14-18,24-26H,12H2,1-4H3,(H,22,27)/b11-10+/t14?,15-,16+,17-,18-/m1/s1. The van der Waals surface area contributed by atoms with Gasteiger partial charge in [0.25, 0.3) is 11.8 Å². The summed E-state index contributed by atoms with van der Waals surface area (Å²) in [6, 6.07) is 8.31. The van der Waals surface area contributed by atoms with Crippen molar-refractivity contribution in [3.05, 3.63) is 42.5 Å². The molecule has 29 heavy (non-hydrogen) atoms. The SMILES string of the molecule is CO[C@@H](C(=O)NC1CN(c2ccccc2)C1=O)[C@H](O)[C@@H](O)[C@H](O)/C=C/C(C)(C)C. The number of hydrogen-bond acceptors (Lipinski definition) is 6. The van der Waals surface area contributed by atoms with Crippen molar-refractivity contribution >= 4 is 17.5 Å². The number of ether oxygens (including phenoxy) is 1. The monoisotopic (exact) mass is 406 g/mol. The molecule has 8 heteroatoms. The Balaban J connectivity index is 1.94. The molecule has 5 atom stereocenters. The topological polar surface area (TPSA) is 119 Å². The van der Waals surface area contributed by atoms with Crippen LogP contribution in [0.4, 0.5) is 5.69 Å². The molecule has 4 N–H and O–H groups in total. The molecule has 1 aromatic rings. The van der Waals surface area contributed by atoms with Crippen LogP contribution in [0.15, 0.2) is 42.5 Å². The van der Waals surface area contributed by atoms with Crippen molar-refractivity contribution in [3.8, 4) is 0 Å². The Kier molecular flexibility index (Phi) is 7.54. The Morgan fingerprint density at radius 1 is 1.21 bits per heavy atom. The van der Waals surface area contributed by atoms with Crippen LogP contribution in [-0.2, 0) is 14.3 Å². The van der Waals surface area contributed by atoms with Gasteiger partial charge in [0.05, 0.1) is 6.54 Å². The quantitative estimate of drug-likeness (QED) is 0.362. The normalized spacial score (nSPS) is 21.4. The van der Waals surface area contributed by atoms with Crippen molar-refractivity contribution in [1.82, 2.24) is 5.32 Å². The predicted octanol–water partition coefficient (Wildman–Crippen LogP) is 0.218. The van der Waals surface area contributed by atoms with Gasteiger partial charge in [0.2, 0.25) is 0 Å². The van der Waals surface area contributed by atoms with Gasteiger partial charge < -0.3 is 30.3 Å². The van der Waals surface area contributed by atoms with Crippen molar-refractivity contribution in [1.29, 1.82) is 0 Å². The van der Waals surface area contributed by atoms with E-state index >= 15 is 0 Å². The molecule has 0 saturated carbocycles. The minimum absolute atomic E-state index is 0.223. The van der Waals surface area contributed by atoms with Crippen molar-refractivity contribution in [2.45, 2.75) is 51.2 Å². The molecule has 1 fully saturated rings. The number of aliphatic hydroxyl groups excluding tert-OH is 3. The highest BCUT2D eigenvalue weighted by atomic mass is 16.5. The maximum absolute atomic E-state index is 12.5. The summed E-state index contributed by atoms with van der Waals surface area (Å²) in [6.45, 7) is 6.04. The van der Waals surface area contributed by atoms with Crippen molar-refractivity contribution in [3.63, 3.8) is 0 Å². The molecule has 2 rings (SSSR count). The zero-order valence-electron chi connectivity index (χ0n) is 17.1. The number of carbonyl (C=O) groups is 2. The van der Waals surface area contributed by atoms with E-state index < -0.39 is 36.4 Å². The summed E-state index contributed by atoms with van der Waals surface area (Å²) in [4.78, 5) is 26.3. The van der Waals surface area contributed by atoms with Crippen molar-refractivity contribution in [2.24, 2.45) is 5.41 Å². The number of nitrogens with one attached hydrogen (secondary N) is 1. The fourth-order valence-electron chi connectivity index (χ4n) is 2.91. The molecular weight excluding hydrogens is 376 g/mol. The van der Waals surface area contributed by atoms with Crippen LogP contribution in [0.5, 0.6) is 0 Å². The molecule has 0 radical (unpaired) electrons. The number of nitrogens with zero attached hydrogens (tertiary/aromatic N) is 1. The molecule has 0 spiro atoms. The zero-order valence-corrected chi connectivity index (χ0v) is 17.1. The summed E-state index contributed by atoms with van der Waals surface area (Å²) in [5, 5.41) is 33.1. The van der Waals surface area contributed by atoms with Crippen LogP contribution < -0.4 is 10.2 Å². The minimum atomic E-state index is -1.68. The lowest BCUT2D eigenvalue weighted by atomic mass is 9.94. The van der Waals surface area contributed by atoms with Gasteiger partial charge >= 0.3 is 0 Å². The summed E-state index contributed by atoms with van der Waals surface area (Å²) >= 11 is 0. The molecule has 0 aromatic heterocycles. The molecule has 1 heterocycles. The number of allylic oxidation sites excluding steroid dienone is 1. The van der Waals surface area contributed by atoms with Gasteiger partial charge in [-0.3, -0.25) is 9.59 Å². The average Bonchev–Trinajstić information content (AvgIpc) is 2.68. The van der Waals surface area contributed by atoms with E-state index in [4.69, 9.17) is 4.74 Å². The van der Waals surface area contributed by atoms with E-state index in [9.17, 15) is 24.9 Å². The molecule has 0 aliphatic carbocycles. The van der Waals surface area contributed by atoms with Crippen molar-refractivity contribution in [2.75, 3.05) is 18.6 Å². The Labute approximate surface area is 170 Å². The van der Waals surface area contributed by atoms with E-state index in [0.29, 0.717) is 6.54 Å². The minimum Gasteiger partial charge on any atom is -0.387 e. The smallest absolute Gasteiger partial charge is 0.252 e. The van der Waals surface area contributed by atoms with Gasteiger partial charge in [-0.1, -0.05) is 51.1 Å². The van der Waals surface area contributed by atoms with Gasteiger partial charge in [0.15, 0.2) is 6.10 Å². The third kappa shape index (κ3) is 5.86. The summed E-state index contributed by atoms with van der Waals surface area (Å²) in [7, 11) is 1.20. The molecule has 160 valence electrons. The van der Waals surface area contributed by atoms with Gasteiger partial charge in [0, 0.05) is 12.8 Å². The zero-order chi connectivity index (χ0) is 21.8. The number of aliphatic hydroxyl groups is 3. The Morgan fingerprint density at radius 3 is 2.34 bits per heavy atom. The van der Waals surface area contributed by atoms with Gasteiger partial charge in [-0.05, 0) is 17.5 Å². The average molecular weight is 406 g/mol. The lowest BCUT2D eigenvalue weighted by Gasteiger charge is -2.39. The number of amides is 2. The van der Waals surface area contributed by atoms with E-state index in [1.807, 2.05) is 39.0 Å². The van der Waals surface area contributed by atoms with Crippen LogP contribution >= 0.6 is 0 Å². The lowest BCUT2D eigenvalue weighted by molar-refractivity contribution is -0.151. The molecule has 2 amide bonds. The van der Waals surface area contributed by atoms with Crippen LogP contribution in [0, 0.1) is 5.41 Å². The highest BCUT2D eigenvalue weighted by Crippen LogP contribution is 2.22. The molecule has 1 saturated heterocycles. The number of β-lactam (4-membered cyclic amide) rings is 1. The Morgan fingerprint density at radius 2 is 1.83 bits per heavy atom. The van der Waals surface area contributed by atoms with Crippen LogP contribution in [0.25, 0.3) is 0 Å². The number of carbonyl (C=O) groups excluding carboxylic acids is 2. The van der Waals surface area contributed by atoms with E-state index in [2.05, 4.69) is 5.32 Å². The Hall–Kier alpha value is -2.26. The van der Waals surface area contributed by atoms with Crippen LogP contribution in [-0.4, -0.2) is 71.2 Å². The third-order valence-corrected chi connectivity index (χ3v) is 4.63. The molecule has 8 nitrogen and oxygen atoms in total. The summed E-state index contributed by atoms with van der Waals surface area (Å²) in [5.74, 6) is -1.01. The second kappa shape index (κ2) is 9.49. The summed E-state index contributed by atoms with van der Waals surface area (Å²) < 4.78 is 5.02. The van der Waals surface area contributed by atoms with E-state index in [1.165, 1.54) is 18.1 Å². The second-order valence-corrected chi connectivity index (χ2v) is 8.20. The fraction of sp³-hybridized carbons (Fsp3) is 0.524. The number of benzene rings is 1. The van der Waals surface area contributed by atoms with Gasteiger partial charge in [-0.15, -0.1) is 0 Å². The number of methoxy groups -OCH3 is 1. The molecule has 1 aliphatic heterocycles. The van der Waals surface area contributed by atoms with Gasteiger partial charge in [-0.2, -0.15) is 0 Å². The number of anilines is 1. The molecule has 1 aromatic carbocycles. The number of para-hydroxylation sites is 1. The first-order chi connectivity index (χ1) is 13.5. The first-order valence-electron chi connectivity index (χ1n) is 9.48. The van der Waals surface area contributed by atoms with Crippen molar-refractivity contribution < 1.29 is 29.6 Å². The highest BCUT2D eigenvalue weighted by molar-refractivity contribution is 6.06. The van der Waals surface area contributed by atoms with E-state index in [0.717, 1.165) is 5.69 Å². The largest absolute Gasteiger partial charge is 0.387 e. The van der Waals surface area contributed by atoms with Crippen LogP contribution in [0.2, 0.25) is 0 Å². The van der Waals surface area contributed by atoms with E-state index in [1.54, 1.807) is 18.2 Å².